The summed E-state index contributed by atoms with van der Waals surface area (Å²) < 4.78 is 29.6. The Hall–Kier alpha value is -4.14. The van der Waals surface area contributed by atoms with Gasteiger partial charge in [-0.2, -0.15) is 0 Å². The van der Waals surface area contributed by atoms with Crippen LogP contribution in [0.3, 0.4) is 0 Å². The van der Waals surface area contributed by atoms with E-state index in [4.69, 9.17) is 11.6 Å². The quantitative estimate of drug-likeness (QED) is 0.156. The third-order valence-electron chi connectivity index (χ3n) is 8.95. The van der Waals surface area contributed by atoms with Gasteiger partial charge in [-0.15, -0.1) is 0 Å². The van der Waals surface area contributed by atoms with Crippen molar-refractivity contribution >= 4 is 39.1 Å². The molecule has 48 heavy (non-hydrogen) atoms. The number of carbonyl (C=O) groups is 2. The minimum absolute atomic E-state index is 0.0337. The fourth-order valence-corrected chi connectivity index (χ4v) is 7.72. The van der Waals surface area contributed by atoms with Gasteiger partial charge in [0.15, 0.2) is 0 Å². The Morgan fingerprint density at radius 1 is 0.792 bits per heavy atom. The summed E-state index contributed by atoms with van der Waals surface area (Å²) in [7, 11) is -4.15. The van der Waals surface area contributed by atoms with Crippen molar-refractivity contribution in [3.8, 4) is 0 Å². The Morgan fingerprint density at radius 3 is 2.00 bits per heavy atom. The maximum Gasteiger partial charge on any atom is 0.264 e. The van der Waals surface area contributed by atoms with Crippen molar-refractivity contribution in [2.24, 2.45) is 0 Å². The fourth-order valence-electron chi connectivity index (χ4n) is 6.16. The van der Waals surface area contributed by atoms with Crippen molar-refractivity contribution in [1.82, 2.24) is 10.2 Å². The number of hydrogen-bond acceptors (Lipinski definition) is 4. The molecule has 1 saturated carbocycles. The lowest BCUT2D eigenvalue weighted by Gasteiger charge is -2.35. The van der Waals surface area contributed by atoms with E-state index in [2.05, 4.69) is 19.2 Å². The lowest BCUT2D eigenvalue weighted by molar-refractivity contribution is -0.140. The zero-order valence-corrected chi connectivity index (χ0v) is 29.2. The maximum atomic E-state index is 14.7. The van der Waals surface area contributed by atoms with Crippen LogP contribution in [0.4, 0.5) is 5.69 Å². The SMILES string of the molecule is CC(C)c1ccc(N(CC(=O)N(Cc2ccc(Cl)cc2)[C@@H](Cc2ccccc2)C(=O)NC2CCCCC2)S(=O)(=O)c2ccccc2)cc1. The number of carbonyl (C=O) groups excluding carboxylic acids is 2. The van der Waals surface area contributed by atoms with Gasteiger partial charge in [0.25, 0.3) is 10.0 Å². The number of rotatable bonds is 13. The van der Waals surface area contributed by atoms with Crippen LogP contribution in [0.1, 0.15) is 68.6 Å². The first-order valence-corrected chi connectivity index (χ1v) is 18.5. The molecule has 9 heteroatoms. The van der Waals surface area contributed by atoms with E-state index in [1.165, 1.54) is 17.0 Å². The molecular weight excluding hydrogens is 642 g/mol. The number of anilines is 1. The van der Waals surface area contributed by atoms with Gasteiger partial charge in [0.1, 0.15) is 12.6 Å². The summed E-state index contributed by atoms with van der Waals surface area (Å²) in [5.41, 5.74) is 3.09. The lowest BCUT2D eigenvalue weighted by Crippen LogP contribution is -2.55. The van der Waals surface area contributed by atoms with Crippen molar-refractivity contribution < 1.29 is 18.0 Å². The first-order valence-electron chi connectivity index (χ1n) is 16.7. The van der Waals surface area contributed by atoms with Crippen LogP contribution in [0.5, 0.6) is 0 Å². The number of halogens is 1. The molecule has 0 heterocycles. The first kappa shape index (κ1) is 35.2. The molecule has 1 aliphatic rings. The van der Waals surface area contributed by atoms with E-state index in [9.17, 15) is 18.0 Å². The second-order valence-corrected chi connectivity index (χ2v) is 15.1. The number of sulfonamides is 1. The van der Waals surface area contributed by atoms with Crippen molar-refractivity contribution in [1.29, 1.82) is 0 Å². The van der Waals surface area contributed by atoms with E-state index in [0.717, 1.165) is 53.1 Å². The first-order chi connectivity index (χ1) is 23.1. The van der Waals surface area contributed by atoms with Crippen molar-refractivity contribution in [2.75, 3.05) is 10.8 Å². The molecule has 1 fully saturated rings. The highest BCUT2D eigenvalue weighted by molar-refractivity contribution is 7.92. The summed E-state index contributed by atoms with van der Waals surface area (Å²) in [6, 6.07) is 31.3. The van der Waals surface area contributed by atoms with Crippen LogP contribution in [0, 0.1) is 0 Å². The Labute approximate surface area is 290 Å². The Balaban J connectivity index is 1.56. The zero-order chi connectivity index (χ0) is 34.1. The number of benzene rings is 4. The third-order valence-corrected chi connectivity index (χ3v) is 11.0. The lowest BCUT2D eigenvalue weighted by atomic mass is 9.94. The van der Waals surface area contributed by atoms with Gasteiger partial charge in [0.2, 0.25) is 11.8 Å². The average molecular weight is 686 g/mol. The van der Waals surface area contributed by atoms with E-state index in [1.54, 1.807) is 42.5 Å². The number of amides is 2. The molecule has 0 saturated heterocycles. The van der Waals surface area contributed by atoms with Crippen LogP contribution >= 0.6 is 11.6 Å². The van der Waals surface area contributed by atoms with Crippen LogP contribution < -0.4 is 9.62 Å². The minimum Gasteiger partial charge on any atom is -0.352 e. The van der Waals surface area contributed by atoms with E-state index in [1.807, 2.05) is 54.6 Å². The maximum absolute atomic E-state index is 14.7. The van der Waals surface area contributed by atoms with Gasteiger partial charge in [0, 0.05) is 24.0 Å². The molecule has 0 aliphatic heterocycles. The molecule has 0 bridgehead atoms. The molecule has 252 valence electrons. The van der Waals surface area contributed by atoms with Crippen molar-refractivity contribution in [3.05, 3.63) is 131 Å². The van der Waals surface area contributed by atoms with Gasteiger partial charge < -0.3 is 10.2 Å². The molecule has 4 aromatic rings. The molecule has 0 unspecified atom stereocenters. The van der Waals surface area contributed by atoms with Gasteiger partial charge >= 0.3 is 0 Å². The highest BCUT2D eigenvalue weighted by Crippen LogP contribution is 2.27. The van der Waals surface area contributed by atoms with Crippen LogP contribution in [-0.4, -0.2) is 43.8 Å². The van der Waals surface area contributed by atoms with Gasteiger partial charge in [0.05, 0.1) is 10.6 Å². The molecule has 2 amide bonds. The highest BCUT2D eigenvalue weighted by Gasteiger charge is 2.35. The van der Waals surface area contributed by atoms with E-state index < -0.39 is 28.5 Å². The van der Waals surface area contributed by atoms with Crippen LogP contribution in [-0.2, 0) is 32.6 Å². The fraction of sp³-hybridized carbons (Fsp3) is 0.333. The number of nitrogens with zero attached hydrogens (tertiary/aromatic N) is 2. The van der Waals surface area contributed by atoms with E-state index in [0.29, 0.717) is 10.7 Å². The third kappa shape index (κ3) is 9.05. The Bertz CT molecular complexity index is 1740. The van der Waals surface area contributed by atoms with Crippen LogP contribution in [0.25, 0.3) is 0 Å². The molecule has 0 aromatic heterocycles. The summed E-state index contributed by atoms with van der Waals surface area (Å²) in [6.07, 6.45) is 5.29. The minimum atomic E-state index is -4.15. The summed E-state index contributed by atoms with van der Waals surface area (Å²) in [5.74, 6) is -0.486. The molecule has 1 N–H and O–H groups in total. The second-order valence-electron chi connectivity index (χ2n) is 12.8. The summed E-state index contributed by atoms with van der Waals surface area (Å²) in [5, 5.41) is 3.79. The van der Waals surface area contributed by atoms with Gasteiger partial charge in [-0.05, 0) is 71.8 Å². The van der Waals surface area contributed by atoms with Crippen LogP contribution in [0.2, 0.25) is 5.02 Å². The summed E-state index contributed by atoms with van der Waals surface area (Å²) in [6.45, 7) is 3.73. The Kier molecular flexibility index (Phi) is 12.0. The standard InChI is InChI=1S/C39H44ClN3O4S/c1-29(2)32-20-24-35(25-21-32)43(48(46,47)36-16-10-5-11-17-36)28-38(44)42(27-31-18-22-33(40)23-19-31)37(26-30-12-6-3-7-13-30)39(45)41-34-14-8-4-9-15-34/h3,5-7,10-13,16-25,29,34,37H,4,8-9,14-15,26-28H2,1-2H3,(H,41,45)/t37-/m0/s1. The van der Waals surface area contributed by atoms with Gasteiger partial charge in [-0.1, -0.05) is 118 Å². The van der Waals surface area contributed by atoms with Crippen molar-refractivity contribution in [2.45, 2.75) is 81.8 Å². The highest BCUT2D eigenvalue weighted by atomic mass is 35.5. The molecule has 0 radical (unpaired) electrons. The second kappa shape index (κ2) is 16.3. The zero-order valence-electron chi connectivity index (χ0n) is 27.6. The molecular formula is C39H44ClN3O4S. The summed E-state index contributed by atoms with van der Waals surface area (Å²) in [4.78, 5) is 30.5. The average Bonchev–Trinajstić information content (AvgIpc) is 3.10. The monoisotopic (exact) mass is 685 g/mol. The topological polar surface area (TPSA) is 86.8 Å². The molecule has 1 aliphatic carbocycles. The normalized spacial score (nSPS) is 14.3. The predicted octanol–water partition coefficient (Wildman–Crippen LogP) is 7.75. The summed E-state index contributed by atoms with van der Waals surface area (Å²) >= 11 is 6.20. The number of nitrogens with one attached hydrogen (secondary N) is 1. The van der Waals surface area contributed by atoms with Crippen molar-refractivity contribution in [3.63, 3.8) is 0 Å². The molecule has 7 nitrogen and oxygen atoms in total. The number of hydrogen-bond donors (Lipinski definition) is 1. The molecule has 5 rings (SSSR count). The van der Waals surface area contributed by atoms with Gasteiger partial charge in [-0.25, -0.2) is 8.42 Å². The molecule has 1 atom stereocenters. The molecule has 0 spiro atoms. The Morgan fingerprint density at radius 2 is 1.40 bits per heavy atom. The largest absolute Gasteiger partial charge is 0.352 e. The smallest absolute Gasteiger partial charge is 0.264 e. The van der Waals surface area contributed by atoms with E-state index >= 15 is 0 Å². The van der Waals surface area contributed by atoms with E-state index in [-0.39, 0.29) is 35.7 Å². The van der Waals surface area contributed by atoms with Crippen LogP contribution in [0.15, 0.2) is 114 Å². The molecule has 4 aromatic carbocycles. The van der Waals surface area contributed by atoms with Gasteiger partial charge in [-0.3, -0.25) is 13.9 Å². The predicted molar refractivity (Wildman–Crippen MR) is 192 cm³/mol.